The van der Waals surface area contributed by atoms with E-state index in [9.17, 15) is 0 Å². The first-order valence-corrected chi connectivity index (χ1v) is 7.00. The van der Waals surface area contributed by atoms with Crippen molar-refractivity contribution in [1.82, 2.24) is 9.36 Å². The molecule has 0 spiro atoms. The lowest BCUT2D eigenvalue weighted by atomic mass is 10.1. The van der Waals surface area contributed by atoms with E-state index >= 15 is 0 Å². The smallest absolute Gasteiger partial charge is 0.298 e. The molecule has 0 saturated heterocycles. The minimum atomic E-state index is 0.568. The van der Waals surface area contributed by atoms with E-state index in [-0.39, 0.29) is 0 Å². The zero-order valence-corrected chi connectivity index (χ0v) is 11.7. The fraction of sp³-hybridized carbons (Fsp3) is 0.286. The third-order valence-corrected chi connectivity index (χ3v) is 3.20. The number of hydrogen-bond acceptors (Lipinski definition) is 5. The summed E-state index contributed by atoms with van der Waals surface area (Å²) in [5.74, 6) is 1.59. The van der Waals surface area contributed by atoms with Gasteiger partial charge >= 0.3 is 0 Å². The second-order valence-electron chi connectivity index (χ2n) is 4.19. The molecule has 2 N–H and O–H groups in total. The van der Waals surface area contributed by atoms with Gasteiger partial charge in [0.25, 0.3) is 5.19 Å². The number of nitrogens with zero attached hydrogens (tertiary/aromatic N) is 2. The number of ether oxygens (including phenoxy) is 1. The Hall–Kier alpha value is -1.88. The lowest BCUT2D eigenvalue weighted by molar-refractivity contribution is 0.472. The number of benzene rings is 1. The Morgan fingerprint density at radius 2 is 2.32 bits per heavy atom. The highest BCUT2D eigenvalue weighted by Crippen LogP contribution is 2.28. The zero-order chi connectivity index (χ0) is 13.7. The summed E-state index contributed by atoms with van der Waals surface area (Å²) < 4.78 is 10.0. The largest absolute Gasteiger partial charge is 0.430 e. The Morgan fingerprint density at radius 1 is 1.47 bits per heavy atom. The molecule has 100 valence electrons. The molecule has 1 aromatic heterocycles. The van der Waals surface area contributed by atoms with Crippen molar-refractivity contribution in [3.8, 4) is 10.9 Å². The van der Waals surface area contributed by atoms with Crippen LogP contribution in [0, 0.1) is 0 Å². The molecule has 0 unspecified atom stereocenters. The molecule has 5 heteroatoms. The van der Waals surface area contributed by atoms with Crippen molar-refractivity contribution in [2.24, 2.45) is 0 Å². The van der Waals surface area contributed by atoms with E-state index in [0.717, 1.165) is 30.0 Å². The van der Waals surface area contributed by atoms with Gasteiger partial charge in [-0.3, -0.25) is 0 Å². The molecule has 4 nitrogen and oxygen atoms in total. The van der Waals surface area contributed by atoms with Crippen molar-refractivity contribution in [3.05, 3.63) is 42.2 Å². The molecule has 2 aromatic rings. The highest BCUT2D eigenvalue weighted by atomic mass is 32.1. The van der Waals surface area contributed by atoms with Crippen molar-refractivity contribution >= 4 is 17.2 Å². The van der Waals surface area contributed by atoms with Crippen LogP contribution in [0.25, 0.3) is 0 Å². The molecule has 0 atom stereocenters. The van der Waals surface area contributed by atoms with Crippen LogP contribution >= 0.6 is 11.5 Å². The van der Waals surface area contributed by atoms with Crippen LogP contribution in [-0.2, 0) is 12.8 Å². The van der Waals surface area contributed by atoms with Crippen LogP contribution < -0.4 is 10.5 Å². The Bertz CT molecular complexity index is 566. The predicted octanol–water partition coefficient (Wildman–Crippen LogP) is 3.59. The summed E-state index contributed by atoms with van der Waals surface area (Å²) in [6, 6.07) is 5.57. The molecule has 0 saturated carbocycles. The van der Waals surface area contributed by atoms with Crippen LogP contribution in [0.1, 0.15) is 24.7 Å². The van der Waals surface area contributed by atoms with Gasteiger partial charge in [0.2, 0.25) is 0 Å². The first-order valence-electron chi connectivity index (χ1n) is 6.22. The fourth-order valence-electron chi connectivity index (χ4n) is 1.71. The average Bonchev–Trinajstić information content (AvgIpc) is 2.81. The highest BCUT2D eigenvalue weighted by molar-refractivity contribution is 7.07. The maximum absolute atomic E-state index is 5.79. The summed E-state index contributed by atoms with van der Waals surface area (Å²) in [5.41, 5.74) is 7.50. The molecule has 0 radical (unpaired) electrons. The van der Waals surface area contributed by atoms with Crippen LogP contribution in [0.4, 0.5) is 5.69 Å². The van der Waals surface area contributed by atoms with Gasteiger partial charge in [0, 0.05) is 29.2 Å². The van der Waals surface area contributed by atoms with E-state index in [2.05, 4.69) is 22.9 Å². The normalized spacial score (nSPS) is 10.4. The first kappa shape index (κ1) is 13.5. The van der Waals surface area contributed by atoms with Gasteiger partial charge in [-0.25, -0.2) is 0 Å². The number of nitrogens with two attached hydrogens (primary N) is 1. The van der Waals surface area contributed by atoms with Crippen molar-refractivity contribution in [1.29, 1.82) is 0 Å². The molecule has 0 amide bonds. The molecule has 19 heavy (non-hydrogen) atoms. The van der Waals surface area contributed by atoms with Crippen molar-refractivity contribution in [2.45, 2.75) is 26.2 Å². The molecule has 1 aromatic carbocycles. The maximum Gasteiger partial charge on any atom is 0.298 e. The van der Waals surface area contributed by atoms with Crippen LogP contribution in [0.5, 0.6) is 10.9 Å². The van der Waals surface area contributed by atoms with E-state index in [0.29, 0.717) is 17.3 Å². The number of aryl methyl sites for hydroxylation is 1. The first-order chi connectivity index (χ1) is 9.22. The predicted molar refractivity (Wildman–Crippen MR) is 78.7 cm³/mol. The number of hydrogen-bond donors (Lipinski definition) is 1. The number of aromatic nitrogens is 2. The summed E-state index contributed by atoms with van der Waals surface area (Å²) in [4.78, 5) is 4.35. The lowest BCUT2D eigenvalue weighted by Crippen LogP contribution is -1.94. The standard InChI is InChI=1S/C14H17N3OS/c1-3-5-10-9-11(15)7-8-12(10)18-14-16-13(6-4-2)17-19-14/h3,7-9H,1,4-6,15H2,2H3. The second-order valence-corrected chi connectivity index (χ2v) is 4.90. The molecule has 0 aliphatic rings. The van der Waals surface area contributed by atoms with E-state index in [1.807, 2.05) is 24.3 Å². The summed E-state index contributed by atoms with van der Waals surface area (Å²) in [5, 5.41) is 0.568. The average molecular weight is 275 g/mol. The van der Waals surface area contributed by atoms with Crippen molar-refractivity contribution in [3.63, 3.8) is 0 Å². The van der Waals surface area contributed by atoms with Gasteiger partial charge < -0.3 is 10.5 Å². The molecule has 1 heterocycles. The SMILES string of the molecule is C=CCc1cc(N)ccc1Oc1nc(CCC)ns1. The lowest BCUT2D eigenvalue weighted by Gasteiger charge is -2.08. The van der Waals surface area contributed by atoms with Gasteiger partial charge in [-0.2, -0.15) is 9.36 Å². The maximum atomic E-state index is 5.79. The summed E-state index contributed by atoms with van der Waals surface area (Å²) in [7, 11) is 0. The molecular weight excluding hydrogens is 258 g/mol. The molecule has 2 rings (SSSR count). The van der Waals surface area contributed by atoms with Gasteiger partial charge in [0.15, 0.2) is 0 Å². The number of allylic oxidation sites excluding steroid dienone is 1. The molecule has 0 aliphatic carbocycles. The minimum Gasteiger partial charge on any atom is -0.430 e. The summed E-state index contributed by atoms with van der Waals surface area (Å²) in [6.07, 6.45) is 4.44. The Kier molecular flexibility index (Phi) is 4.52. The highest BCUT2D eigenvalue weighted by Gasteiger charge is 2.09. The van der Waals surface area contributed by atoms with Crippen LogP contribution in [0.3, 0.4) is 0 Å². The summed E-state index contributed by atoms with van der Waals surface area (Å²) >= 11 is 1.27. The van der Waals surface area contributed by atoms with E-state index in [4.69, 9.17) is 10.5 Å². The van der Waals surface area contributed by atoms with E-state index < -0.39 is 0 Å². The third kappa shape index (κ3) is 3.54. The fourth-order valence-corrected chi connectivity index (χ4v) is 2.30. The quantitative estimate of drug-likeness (QED) is 0.646. The Labute approximate surface area is 117 Å². The van der Waals surface area contributed by atoms with E-state index in [1.54, 1.807) is 0 Å². The molecular formula is C14H17N3OS. The van der Waals surface area contributed by atoms with E-state index in [1.165, 1.54) is 11.5 Å². The van der Waals surface area contributed by atoms with Crippen LogP contribution in [0.2, 0.25) is 0 Å². The second kappa shape index (κ2) is 6.33. The van der Waals surface area contributed by atoms with Gasteiger partial charge in [-0.1, -0.05) is 13.0 Å². The number of nitrogen functional groups attached to an aromatic ring is 1. The van der Waals surface area contributed by atoms with Crippen LogP contribution in [-0.4, -0.2) is 9.36 Å². The van der Waals surface area contributed by atoms with Gasteiger partial charge in [-0.05, 0) is 31.0 Å². The van der Waals surface area contributed by atoms with Crippen molar-refractivity contribution < 1.29 is 4.74 Å². The number of rotatable bonds is 6. The Morgan fingerprint density at radius 3 is 3.05 bits per heavy atom. The van der Waals surface area contributed by atoms with Gasteiger partial charge in [0.05, 0.1) is 0 Å². The van der Waals surface area contributed by atoms with Gasteiger partial charge in [-0.15, -0.1) is 6.58 Å². The summed E-state index contributed by atoms with van der Waals surface area (Å²) in [6.45, 7) is 5.84. The molecule has 0 bridgehead atoms. The third-order valence-electron chi connectivity index (χ3n) is 2.57. The monoisotopic (exact) mass is 275 g/mol. The van der Waals surface area contributed by atoms with Crippen molar-refractivity contribution in [2.75, 3.05) is 5.73 Å². The number of anilines is 1. The Balaban J connectivity index is 2.19. The molecule has 0 aliphatic heterocycles. The minimum absolute atomic E-state index is 0.568. The molecule has 0 fully saturated rings. The van der Waals surface area contributed by atoms with Gasteiger partial charge in [0.1, 0.15) is 11.6 Å². The topological polar surface area (TPSA) is 61.0 Å². The van der Waals surface area contributed by atoms with Crippen LogP contribution in [0.15, 0.2) is 30.9 Å². The zero-order valence-electron chi connectivity index (χ0n) is 10.9.